The second-order valence-electron chi connectivity index (χ2n) is 4.82. The fourth-order valence-electron chi connectivity index (χ4n) is 2.37. The quantitative estimate of drug-likeness (QED) is 0.734. The smallest absolute Gasteiger partial charge is 0.0468 e. The van der Waals surface area contributed by atoms with Crippen molar-refractivity contribution in [2.45, 2.75) is 45.6 Å². The molecule has 0 saturated carbocycles. The summed E-state index contributed by atoms with van der Waals surface area (Å²) in [6.45, 7) is 6.61. The summed E-state index contributed by atoms with van der Waals surface area (Å²) in [4.78, 5) is 0. The Bertz CT molecular complexity index is 143. The Morgan fingerprint density at radius 2 is 1.93 bits per heavy atom. The van der Waals surface area contributed by atoms with Crippen molar-refractivity contribution in [3.63, 3.8) is 0 Å². The standard InChI is InChI=1S/C12H25NO/c1-10(8-11(2)13-3)9-12-4-6-14-7-5-12/h10-13H,4-9H2,1-3H3. The van der Waals surface area contributed by atoms with E-state index in [1.54, 1.807) is 0 Å². The molecule has 0 aromatic rings. The molecular formula is C12H25NO. The third-order valence-corrected chi connectivity index (χ3v) is 3.33. The van der Waals surface area contributed by atoms with Crippen LogP contribution in [0.4, 0.5) is 0 Å². The molecule has 1 aliphatic rings. The molecule has 0 amide bonds. The molecule has 2 atom stereocenters. The van der Waals surface area contributed by atoms with Crippen LogP contribution < -0.4 is 5.32 Å². The van der Waals surface area contributed by atoms with Crippen LogP contribution in [0.2, 0.25) is 0 Å². The molecule has 1 fully saturated rings. The molecule has 2 heteroatoms. The van der Waals surface area contributed by atoms with Gasteiger partial charge < -0.3 is 10.1 Å². The van der Waals surface area contributed by atoms with Crippen molar-refractivity contribution in [3.8, 4) is 0 Å². The summed E-state index contributed by atoms with van der Waals surface area (Å²) in [5, 5.41) is 3.31. The number of hydrogen-bond acceptors (Lipinski definition) is 2. The molecule has 0 bridgehead atoms. The number of hydrogen-bond donors (Lipinski definition) is 1. The highest BCUT2D eigenvalue weighted by molar-refractivity contribution is 4.70. The maximum atomic E-state index is 5.37. The summed E-state index contributed by atoms with van der Waals surface area (Å²) in [7, 11) is 2.05. The first kappa shape index (κ1) is 12.0. The molecule has 2 nitrogen and oxygen atoms in total. The topological polar surface area (TPSA) is 21.3 Å². The van der Waals surface area contributed by atoms with Crippen molar-refractivity contribution in [3.05, 3.63) is 0 Å². The zero-order valence-corrected chi connectivity index (χ0v) is 9.88. The Morgan fingerprint density at radius 1 is 1.29 bits per heavy atom. The lowest BCUT2D eigenvalue weighted by atomic mass is 9.87. The lowest BCUT2D eigenvalue weighted by Crippen LogP contribution is -2.25. The van der Waals surface area contributed by atoms with E-state index in [0.717, 1.165) is 25.0 Å². The van der Waals surface area contributed by atoms with Gasteiger partial charge in [0.05, 0.1) is 0 Å². The van der Waals surface area contributed by atoms with Gasteiger partial charge in [0, 0.05) is 19.3 Å². The number of rotatable bonds is 5. The van der Waals surface area contributed by atoms with Crippen LogP contribution >= 0.6 is 0 Å². The van der Waals surface area contributed by atoms with Crippen LogP contribution in [-0.4, -0.2) is 26.3 Å². The zero-order valence-electron chi connectivity index (χ0n) is 9.88. The van der Waals surface area contributed by atoms with Crippen LogP contribution in [0.1, 0.15) is 39.5 Å². The summed E-state index contributed by atoms with van der Waals surface area (Å²) in [6.07, 6.45) is 5.24. The summed E-state index contributed by atoms with van der Waals surface area (Å²) in [5.41, 5.74) is 0. The highest BCUT2D eigenvalue weighted by Gasteiger charge is 2.17. The lowest BCUT2D eigenvalue weighted by molar-refractivity contribution is 0.0586. The normalized spacial score (nSPS) is 23.4. The monoisotopic (exact) mass is 199 g/mol. The predicted octanol–water partition coefficient (Wildman–Crippen LogP) is 2.44. The Morgan fingerprint density at radius 3 is 2.50 bits per heavy atom. The van der Waals surface area contributed by atoms with Crippen LogP contribution in [0.3, 0.4) is 0 Å². The average Bonchev–Trinajstić information content (AvgIpc) is 2.19. The Balaban J connectivity index is 2.14. The van der Waals surface area contributed by atoms with Crippen molar-refractivity contribution < 1.29 is 4.74 Å². The zero-order chi connectivity index (χ0) is 10.4. The van der Waals surface area contributed by atoms with Crippen LogP contribution in [-0.2, 0) is 4.74 Å². The molecular weight excluding hydrogens is 174 g/mol. The average molecular weight is 199 g/mol. The van der Waals surface area contributed by atoms with E-state index in [2.05, 4.69) is 19.2 Å². The molecule has 84 valence electrons. The van der Waals surface area contributed by atoms with Crippen molar-refractivity contribution >= 4 is 0 Å². The predicted molar refractivity (Wildman–Crippen MR) is 60.5 cm³/mol. The largest absolute Gasteiger partial charge is 0.381 e. The third-order valence-electron chi connectivity index (χ3n) is 3.33. The van der Waals surface area contributed by atoms with E-state index in [9.17, 15) is 0 Å². The molecule has 1 aliphatic heterocycles. The van der Waals surface area contributed by atoms with E-state index in [1.807, 2.05) is 7.05 Å². The van der Waals surface area contributed by atoms with Gasteiger partial charge in [-0.2, -0.15) is 0 Å². The lowest BCUT2D eigenvalue weighted by Gasteiger charge is -2.26. The fourth-order valence-corrected chi connectivity index (χ4v) is 2.37. The molecule has 1 heterocycles. The minimum absolute atomic E-state index is 0.657. The summed E-state index contributed by atoms with van der Waals surface area (Å²) in [5.74, 6) is 1.77. The van der Waals surface area contributed by atoms with Gasteiger partial charge in [-0.05, 0) is 51.5 Å². The van der Waals surface area contributed by atoms with E-state index < -0.39 is 0 Å². The molecule has 0 aromatic heterocycles. The maximum absolute atomic E-state index is 5.37. The molecule has 2 unspecified atom stereocenters. The van der Waals surface area contributed by atoms with Crippen molar-refractivity contribution in [1.29, 1.82) is 0 Å². The van der Waals surface area contributed by atoms with Crippen LogP contribution in [0.5, 0.6) is 0 Å². The van der Waals surface area contributed by atoms with Gasteiger partial charge in [-0.15, -0.1) is 0 Å². The van der Waals surface area contributed by atoms with Crippen LogP contribution in [0.15, 0.2) is 0 Å². The summed E-state index contributed by atoms with van der Waals surface area (Å²) in [6, 6.07) is 0.657. The van der Waals surface area contributed by atoms with Crippen molar-refractivity contribution in [2.24, 2.45) is 11.8 Å². The Hall–Kier alpha value is -0.0800. The third kappa shape index (κ3) is 4.43. The van der Waals surface area contributed by atoms with Gasteiger partial charge in [0.15, 0.2) is 0 Å². The number of ether oxygens (including phenoxy) is 1. The van der Waals surface area contributed by atoms with Gasteiger partial charge >= 0.3 is 0 Å². The summed E-state index contributed by atoms with van der Waals surface area (Å²) >= 11 is 0. The van der Waals surface area contributed by atoms with Gasteiger partial charge in [-0.25, -0.2) is 0 Å². The van der Waals surface area contributed by atoms with Crippen molar-refractivity contribution in [2.75, 3.05) is 20.3 Å². The van der Waals surface area contributed by atoms with Gasteiger partial charge in [0.1, 0.15) is 0 Å². The highest BCUT2D eigenvalue weighted by Crippen LogP contribution is 2.24. The minimum atomic E-state index is 0.657. The molecule has 0 spiro atoms. The first-order chi connectivity index (χ1) is 6.72. The molecule has 0 radical (unpaired) electrons. The van der Waals surface area contributed by atoms with Gasteiger partial charge in [-0.3, -0.25) is 0 Å². The molecule has 0 aromatic carbocycles. The highest BCUT2D eigenvalue weighted by atomic mass is 16.5. The van der Waals surface area contributed by atoms with Crippen LogP contribution in [0, 0.1) is 11.8 Å². The number of nitrogens with one attached hydrogen (secondary N) is 1. The molecule has 1 saturated heterocycles. The molecule has 1 rings (SSSR count). The Labute approximate surface area is 88.4 Å². The van der Waals surface area contributed by atoms with Crippen LogP contribution in [0.25, 0.3) is 0 Å². The fraction of sp³-hybridized carbons (Fsp3) is 1.00. The van der Waals surface area contributed by atoms with Gasteiger partial charge in [0.2, 0.25) is 0 Å². The van der Waals surface area contributed by atoms with E-state index >= 15 is 0 Å². The van der Waals surface area contributed by atoms with E-state index in [4.69, 9.17) is 4.74 Å². The second-order valence-corrected chi connectivity index (χ2v) is 4.82. The van der Waals surface area contributed by atoms with Crippen molar-refractivity contribution in [1.82, 2.24) is 5.32 Å². The first-order valence-corrected chi connectivity index (χ1v) is 5.97. The second kappa shape index (κ2) is 6.41. The molecule has 14 heavy (non-hydrogen) atoms. The van der Waals surface area contributed by atoms with Gasteiger partial charge in [0.25, 0.3) is 0 Å². The molecule has 1 N–H and O–H groups in total. The van der Waals surface area contributed by atoms with E-state index in [-0.39, 0.29) is 0 Å². The van der Waals surface area contributed by atoms with Gasteiger partial charge in [-0.1, -0.05) is 6.92 Å². The maximum Gasteiger partial charge on any atom is 0.0468 e. The summed E-state index contributed by atoms with van der Waals surface area (Å²) < 4.78 is 5.37. The Kier molecular flexibility index (Phi) is 5.49. The first-order valence-electron chi connectivity index (χ1n) is 5.97. The van der Waals surface area contributed by atoms with E-state index in [0.29, 0.717) is 6.04 Å². The SMILES string of the molecule is CNC(C)CC(C)CC1CCOCC1. The minimum Gasteiger partial charge on any atom is -0.381 e. The van der Waals surface area contributed by atoms with E-state index in [1.165, 1.54) is 25.7 Å². The molecule has 0 aliphatic carbocycles.